The van der Waals surface area contributed by atoms with Crippen LogP contribution in [0.5, 0.6) is 0 Å². The number of hydrogen-bond acceptors (Lipinski definition) is 3. The van der Waals surface area contributed by atoms with Crippen LogP contribution in [0.1, 0.15) is 24.9 Å². The molecule has 3 rings (SSSR count). The average molecular weight is 367 g/mol. The molecule has 2 aromatic rings. The molecule has 0 radical (unpaired) electrons. The lowest BCUT2D eigenvalue weighted by molar-refractivity contribution is 0.0375. The molecule has 1 unspecified atom stereocenters. The molecule has 0 spiro atoms. The van der Waals surface area contributed by atoms with Gasteiger partial charge < -0.3 is 15.4 Å². The highest BCUT2D eigenvalue weighted by Gasteiger charge is 2.11. The summed E-state index contributed by atoms with van der Waals surface area (Å²) in [6.07, 6.45) is 0.952. The van der Waals surface area contributed by atoms with E-state index in [1.54, 1.807) is 0 Å². The van der Waals surface area contributed by atoms with Gasteiger partial charge in [0.1, 0.15) is 0 Å². The Morgan fingerprint density at radius 3 is 2.41 bits per heavy atom. The van der Waals surface area contributed by atoms with E-state index in [9.17, 15) is 4.79 Å². The Balaban J connectivity index is 1.40. The van der Waals surface area contributed by atoms with Gasteiger partial charge in [-0.3, -0.25) is 4.90 Å². The van der Waals surface area contributed by atoms with Crippen molar-refractivity contribution in [3.05, 3.63) is 60.2 Å². The SMILES string of the molecule is CC(NC(=O)NCCCN1CCOCC1)c1ccc(-c2ccccc2)cc1. The number of hydrogen-bond donors (Lipinski definition) is 2. The van der Waals surface area contributed by atoms with E-state index in [4.69, 9.17) is 4.74 Å². The Morgan fingerprint density at radius 2 is 1.70 bits per heavy atom. The van der Waals surface area contributed by atoms with Gasteiger partial charge in [0.15, 0.2) is 0 Å². The van der Waals surface area contributed by atoms with Gasteiger partial charge in [0, 0.05) is 19.6 Å². The molecule has 0 saturated carbocycles. The zero-order valence-corrected chi connectivity index (χ0v) is 16.0. The number of urea groups is 1. The lowest BCUT2D eigenvalue weighted by Crippen LogP contribution is -2.40. The Bertz CT molecular complexity index is 697. The molecule has 5 nitrogen and oxygen atoms in total. The molecule has 2 aromatic carbocycles. The maximum absolute atomic E-state index is 12.1. The number of carbonyl (C=O) groups is 1. The van der Waals surface area contributed by atoms with E-state index in [0.29, 0.717) is 6.54 Å². The highest BCUT2D eigenvalue weighted by Crippen LogP contribution is 2.21. The number of amides is 2. The minimum atomic E-state index is -0.114. The Kier molecular flexibility index (Phi) is 7.25. The van der Waals surface area contributed by atoms with Crippen molar-refractivity contribution in [1.29, 1.82) is 0 Å². The normalized spacial score (nSPS) is 15.9. The lowest BCUT2D eigenvalue weighted by atomic mass is 10.0. The van der Waals surface area contributed by atoms with Crippen molar-refractivity contribution < 1.29 is 9.53 Å². The van der Waals surface area contributed by atoms with E-state index in [-0.39, 0.29) is 12.1 Å². The zero-order valence-electron chi connectivity index (χ0n) is 16.0. The van der Waals surface area contributed by atoms with Crippen molar-refractivity contribution in [2.24, 2.45) is 0 Å². The summed E-state index contributed by atoms with van der Waals surface area (Å²) in [5.41, 5.74) is 3.47. The maximum atomic E-state index is 12.1. The summed E-state index contributed by atoms with van der Waals surface area (Å²) in [6, 6.07) is 18.5. The first-order valence-corrected chi connectivity index (χ1v) is 9.72. The minimum absolute atomic E-state index is 0.0333. The number of benzene rings is 2. The first kappa shape index (κ1) is 19.4. The number of morpholine rings is 1. The molecule has 1 heterocycles. The summed E-state index contributed by atoms with van der Waals surface area (Å²) >= 11 is 0. The van der Waals surface area contributed by atoms with Crippen LogP contribution < -0.4 is 10.6 Å². The summed E-state index contributed by atoms with van der Waals surface area (Å²) in [5.74, 6) is 0. The number of carbonyl (C=O) groups excluding carboxylic acids is 1. The highest BCUT2D eigenvalue weighted by atomic mass is 16.5. The van der Waals surface area contributed by atoms with E-state index < -0.39 is 0 Å². The summed E-state index contributed by atoms with van der Waals surface area (Å²) in [7, 11) is 0. The van der Waals surface area contributed by atoms with Crippen molar-refractivity contribution >= 4 is 6.03 Å². The van der Waals surface area contributed by atoms with Crippen LogP contribution in [0.4, 0.5) is 4.79 Å². The molecule has 144 valence electrons. The number of nitrogens with one attached hydrogen (secondary N) is 2. The smallest absolute Gasteiger partial charge is 0.315 e. The molecule has 27 heavy (non-hydrogen) atoms. The second-order valence-electron chi connectivity index (χ2n) is 6.92. The second kappa shape index (κ2) is 10.1. The van der Waals surface area contributed by atoms with E-state index in [0.717, 1.165) is 44.8 Å². The van der Waals surface area contributed by atoms with E-state index in [2.05, 4.69) is 51.9 Å². The molecular formula is C22H29N3O2. The van der Waals surface area contributed by atoms with Gasteiger partial charge in [-0.25, -0.2) is 4.79 Å². The maximum Gasteiger partial charge on any atom is 0.315 e. The van der Waals surface area contributed by atoms with Gasteiger partial charge in [-0.05, 0) is 36.6 Å². The predicted molar refractivity (Wildman–Crippen MR) is 109 cm³/mol. The molecule has 1 fully saturated rings. The number of ether oxygens (including phenoxy) is 1. The monoisotopic (exact) mass is 367 g/mol. The topological polar surface area (TPSA) is 53.6 Å². The summed E-state index contributed by atoms with van der Waals surface area (Å²) in [5, 5.41) is 5.96. The highest BCUT2D eigenvalue weighted by molar-refractivity contribution is 5.74. The molecule has 1 atom stereocenters. The fourth-order valence-electron chi connectivity index (χ4n) is 3.26. The van der Waals surface area contributed by atoms with Gasteiger partial charge in [0.25, 0.3) is 0 Å². The average Bonchev–Trinajstić information content (AvgIpc) is 2.73. The van der Waals surface area contributed by atoms with Gasteiger partial charge in [-0.2, -0.15) is 0 Å². The Labute approximate surface area is 161 Å². The third-order valence-electron chi connectivity index (χ3n) is 4.91. The quantitative estimate of drug-likeness (QED) is 0.737. The Hall–Kier alpha value is -2.37. The molecule has 0 aromatic heterocycles. The second-order valence-corrected chi connectivity index (χ2v) is 6.92. The van der Waals surface area contributed by atoms with Gasteiger partial charge in [0.2, 0.25) is 0 Å². The third-order valence-corrected chi connectivity index (χ3v) is 4.91. The van der Waals surface area contributed by atoms with E-state index >= 15 is 0 Å². The predicted octanol–water partition coefficient (Wildman–Crippen LogP) is 3.44. The van der Waals surface area contributed by atoms with E-state index in [1.807, 2.05) is 25.1 Å². The molecule has 5 heteroatoms. The van der Waals surface area contributed by atoms with Crippen LogP contribution >= 0.6 is 0 Å². The standard InChI is InChI=1S/C22H29N3O2/c1-18(19-8-10-21(11-9-19)20-6-3-2-4-7-20)24-22(26)23-12-5-13-25-14-16-27-17-15-25/h2-4,6-11,18H,5,12-17H2,1H3,(H2,23,24,26). The van der Waals surface area contributed by atoms with Crippen molar-refractivity contribution in [2.45, 2.75) is 19.4 Å². The minimum Gasteiger partial charge on any atom is -0.379 e. The van der Waals surface area contributed by atoms with Crippen LogP contribution in [-0.4, -0.2) is 50.3 Å². The van der Waals surface area contributed by atoms with Gasteiger partial charge >= 0.3 is 6.03 Å². The van der Waals surface area contributed by atoms with Crippen molar-refractivity contribution in [3.63, 3.8) is 0 Å². The van der Waals surface area contributed by atoms with Gasteiger partial charge in [0.05, 0.1) is 19.3 Å². The molecular weight excluding hydrogens is 338 g/mol. The molecule has 1 aliphatic rings. The molecule has 1 aliphatic heterocycles. The molecule has 0 aliphatic carbocycles. The number of nitrogens with zero attached hydrogens (tertiary/aromatic N) is 1. The first-order chi connectivity index (χ1) is 13.2. The van der Waals surface area contributed by atoms with Gasteiger partial charge in [-0.15, -0.1) is 0 Å². The van der Waals surface area contributed by atoms with Crippen LogP contribution in [0.15, 0.2) is 54.6 Å². The molecule has 0 bridgehead atoms. The molecule has 1 saturated heterocycles. The largest absolute Gasteiger partial charge is 0.379 e. The molecule has 2 amide bonds. The van der Waals surface area contributed by atoms with Crippen molar-refractivity contribution in [2.75, 3.05) is 39.4 Å². The van der Waals surface area contributed by atoms with E-state index in [1.165, 1.54) is 11.1 Å². The molecule has 2 N–H and O–H groups in total. The van der Waals surface area contributed by atoms with Crippen molar-refractivity contribution in [1.82, 2.24) is 15.5 Å². The van der Waals surface area contributed by atoms with Crippen LogP contribution in [0.25, 0.3) is 11.1 Å². The summed E-state index contributed by atoms with van der Waals surface area (Å²) < 4.78 is 5.34. The number of rotatable bonds is 7. The van der Waals surface area contributed by atoms with Crippen molar-refractivity contribution in [3.8, 4) is 11.1 Å². The zero-order chi connectivity index (χ0) is 18.9. The van der Waals surface area contributed by atoms with Crippen LogP contribution in [0.2, 0.25) is 0 Å². The fraction of sp³-hybridized carbons (Fsp3) is 0.409. The first-order valence-electron chi connectivity index (χ1n) is 9.72. The summed E-state index contributed by atoms with van der Waals surface area (Å²) in [6.45, 7) is 7.29. The lowest BCUT2D eigenvalue weighted by Gasteiger charge is -2.26. The van der Waals surface area contributed by atoms with Crippen LogP contribution in [-0.2, 0) is 4.74 Å². The third kappa shape index (κ3) is 6.08. The van der Waals surface area contributed by atoms with Gasteiger partial charge in [-0.1, -0.05) is 54.6 Å². The van der Waals surface area contributed by atoms with Crippen LogP contribution in [0, 0.1) is 0 Å². The Morgan fingerprint density at radius 1 is 1.04 bits per heavy atom. The fourth-order valence-corrected chi connectivity index (χ4v) is 3.26. The summed E-state index contributed by atoms with van der Waals surface area (Å²) in [4.78, 5) is 14.5. The van der Waals surface area contributed by atoms with Crippen LogP contribution in [0.3, 0.4) is 0 Å².